The van der Waals surface area contributed by atoms with Gasteiger partial charge in [0.05, 0.1) is 12.2 Å². The van der Waals surface area contributed by atoms with Crippen LogP contribution >= 0.6 is 0 Å². The molecule has 0 aliphatic carbocycles. The number of carbonyl (C=O) groups is 1. The van der Waals surface area contributed by atoms with Crippen LogP contribution in [0.1, 0.15) is 27.0 Å². The Kier molecular flexibility index (Phi) is 3.01. The molecule has 3 rings (SSSR count). The van der Waals surface area contributed by atoms with Crippen LogP contribution in [0.4, 0.5) is 8.78 Å². The molecule has 20 heavy (non-hydrogen) atoms. The average Bonchev–Trinajstić information content (AvgIpc) is 2.90. The predicted molar refractivity (Wildman–Crippen MR) is 70.2 cm³/mol. The van der Waals surface area contributed by atoms with Crippen molar-refractivity contribution < 1.29 is 18.3 Å². The summed E-state index contributed by atoms with van der Waals surface area (Å²) in [6.45, 7) is 2.07. The fourth-order valence-corrected chi connectivity index (χ4v) is 2.34. The number of benzene rings is 2. The molecule has 0 amide bonds. The average molecular weight is 274 g/mol. The van der Waals surface area contributed by atoms with Crippen LogP contribution in [0.3, 0.4) is 0 Å². The largest absolute Gasteiger partial charge is 0.493 e. The molecule has 1 aliphatic rings. The van der Waals surface area contributed by atoms with Gasteiger partial charge in [0.25, 0.3) is 0 Å². The predicted octanol–water partition coefficient (Wildman–Crippen LogP) is 3.44. The summed E-state index contributed by atoms with van der Waals surface area (Å²) in [4.78, 5) is 12.3. The van der Waals surface area contributed by atoms with E-state index < -0.39 is 23.0 Å². The zero-order valence-electron chi connectivity index (χ0n) is 10.9. The van der Waals surface area contributed by atoms with Crippen molar-refractivity contribution in [1.82, 2.24) is 0 Å². The smallest absolute Gasteiger partial charge is 0.198 e. The van der Waals surface area contributed by atoms with Gasteiger partial charge in [0, 0.05) is 12.0 Å². The summed E-state index contributed by atoms with van der Waals surface area (Å²) < 4.78 is 33.1. The summed E-state index contributed by atoms with van der Waals surface area (Å²) in [5, 5.41) is 0. The van der Waals surface area contributed by atoms with E-state index in [1.54, 1.807) is 12.1 Å². The van der Waals surface area contributed by atoms with E-state index in [9.17, 15) is 13.6 Å². The number of ether oxygens (including phenoxy) is 1. The number of ketones is 1. The highest BCUT2D eigenvalue weighted by molar-refractivity contribution is 6.09. The number of halogens is 2. The summed E-state index contributed by atoms with van der Waals surface area (Å²) >= 11 is 0. The van der Waals surface area contributed by atoms with Gasteiger partial charge in [0.1, 0.15) is 17.4 Å². The quantitative estimate of drug-likeness (QED) is 0.784. The standard InChI is InChI=1S/C16H12F2O2/c1-9-2-4-12(17)14(15(9)18)16(19)11-3-5-13-10(8-11)6-7-20-13/h2-5,8H,6-7H2,1H3. The van der Waals surface area contributed by atoms with E-state index in [1.807, 2.05) is 0 Å². The fourth-order valence-electron chi connectivity index (χ4n) is 2.34. The van der Waals surface area contributed by atoms with Crippen LogP contribution in [0.5, 0.6) is 5.75 Å². The Morgan fingerprint density at radius 1 is 1.20 bits per heavy atom. The van der Waals surface area contributed by atoms with E-state index in [1.165, 1.54) is 19.1 Å². The minimum Gasteiger partial charge on any atom is -0.493 e. The first-order valence-corrected chi connectivity index (χ1v) is 6.33. The van der Waals surface area contributed by atoms with Gasteiger partial charge in [-0.2, -0.15) is 0 Å². The van der Waals surface area contributed by atoms with Gasteiger partial charge >= 0.3 is 0 Å². The molecule has 0 bridgehead atoms. The van der Waals surface area contributed by atoms with Gasteiger partial charge in [-0.05, 0) is 42.3 Å². The van der Waals surface area contributed by atoms with Crippen molar-refractivity contribution in [1.29, 1.82) is 0 Å². The lowest BCUT2D eigenvalue weighted by Crippen LogP contribution is -2.09. The molecule has 0 fully saturated rings. The number of hydrogen-bond donors (Lipinski definition) is 0. The zero-order valence-corrected chi connectivity index (χ0v) is 10.9. The van der Waals surface area contributed by atoms with Crippen molar-refractivity contribution in [2.75, 3.05) is 6.61 Å². The highest BCUT2D eigenvalue weighted by atomic mass is 19.1. The lowest BCUT2D eigenvalue weighted by Gasteiger charge is -2.07. The van der Waals surface area contributed by atoms with E-state index in [2.05, 4.69) is 0 Å². The summed E-state index contributed by atoms with van der Waals surface area (Å²) in [5.74, 6) is -1.55. The first kappa shape index (κ1) is 12.8. The molecule has 1 heterocycles. The maximum absolute atomic E-state index is 14.0. The second kappa shape index (κ2) is 4.71. The maximum atomic E-state index is 14.0. The van der Waals surface area contributed by atoms with Crippen LogP contribution in [-0.2, 0) is 6.42 Å². The first-order valence-electron chi connectivity index (χ1n) is 6.33. The van der Waals surface area contributed by atoms with Crippen molar-refractivity contribution in [3.05, 3.63) is 64.2 Å². The topological polar surface area (TPSA) is 26.3 Å². The Balaban J connectivity index is 2.07. The molecule has 2 aromatic carbocycles. The molecule has 0 spiro atoms. The van der Waals surface area contributed by atoms with Crippen molar-refractivity contribution in [2.24, 2.45) is 0 Å². The molecule has 0 N–H and O–H groups in total. The minimum absolute atomic E-state index is 0.249. The Hall–Kier alpha value is -2.23. The number of aryl methyl sites for hydroxylation is 1. The molecule has 0 unspecified atom stereocenters. The fraction of sp³-hybridized carbons (Fsp3) is 0.188. The van der Waals surface area contributed by atoms with Crippen molar-refractivity contribution in [3.63, 3.8) is 0 Å². The molecule has 0 radical (unpaired) electrons. The molecule has 102 valence electrons. The second-order valence-electron chi connectivity index (χ2n) is 4.80. The summed E-state index contributed by atoms with van der Waals surface area (Å²) in [7, 11) is 0. The van der Waals surface area contributed by atoms with E-state index in [4.69, 9.17) is 4.74 Å². The molecular formula is C16H12F2O2. The SMILES string of the molecule is Cc1ccc(F)c(C(=O)c2ccc3c(c2)CCO3)c1F. The summed E-state index contributed by atoms with van der Waals surface area (Å²) in [5.41, 5.74) is 0.921. The van der Waals surface area contributed by atoms with Gasteiger partial charge in [-0.25, -0.2) is 8.78 Å². The van der Waals surface area contributed by atoms with Crippen molar-refractivity contribution >= 4 is 5.78 Å². The van der Waals surface area contributed by atoms with Crippen molar-refractivity contribution in [3.8, 4) is 5.75 Å². The van der Waals surface area contributed by atoms with Gasteiger partial charge in [0.2, 0.25) is 0 Å². The number of fused-ring (bicyclic) bond motifs is 1. The monoisotopic (exact) mass is 274 g/mol. The van der Waals surface area contributed by atoms with Crippen LogP contribution in [-0.4, -0.2) is 12.4 Å². The Morgan fingerprint density at radius 3 is 2.80 bits per heavy atom. The Labute approximate surface area is 115 Å². The van der Waals surface area contributed by atoms with E-state index in [-0.39, 0.29) is 11.1 Å². The first-order chi connectivity index (χ1) is 9.58. The molecule has 0 aromatic heterocycles. The normalized spacial score (nSPS) is 12.9. The van der Waals surface area contributed by atoms with Gasteiger partial charge in [-0.15, -0.1) is 0 Å². The highest BCUT2D eigenvalue weighted by Crippen LogP contribution is 2.28. The molecule has 2 aromatic rings. The van der Waals surface area contributed by atoms with Crippen LogP contribution in [0.2, 0.25) is 0 Å². The molecule has 1 aliphatic heterocycles. The number of rotatable bonds is 2. The molecule has 2 nitrogen and oxygen atoms in total. The van der Waals surface area contributed by atoms with Gasteiger partial charge in [-0.1, -0.05) is 6.07 Å². The number of carbonyl (C=O) groups excluding carboxylic acids is 1. The lowest BCUT2D eigenvalue weighted by atomic mass is 9.98. The van der Waals surface area contributed by atoms with Gasteiger partial charge in [0.15, 0.2) is 5.78 Å². The molecule has 0 saturated carbocycles. The molecule has 0 saturated heterocycles. The van der Waals surface area contributed by atoms with Crippen LogP contribution in [0.15, 0.2) is 30.3 Å². The van der Waals surface area contributed by atoms with Gasteiger partial charge in [-0.3, -0.25) is 4.79 Å². The second-order valence-corrected chi connectivity index (χ2v) is 4.80. The van der Waals surface area contributed by atoms with Gasteiger partial charge < -0.3 is 4.74 Å². The zero-order chi connectivity index (χ0) is 14.3. The third kappa shape index (κ3) is 1.97. The van der Waals surface area contributed by atoms with Crippen LogP contribution in [0, 0.1) is 18.6 Å². The summed E-state index contributed by atoms with van der Waals surface area (Å²) in [6, 6.07) is 7.28. The van der Waals surface area contributed by atoms with E-state index in [0.717, 1.165) is 17.4 Å². The summed E-state index contributed by atoms with van der Waals surface area (Å²) in [6.07, 6.45) is 0.704. The number of hydrogen-bond acceptors (Lipinski definition) is 2. The minimum atomic E-state index is -0.838. The van der Waals surface area contributed by atoms with E-state index >= 15 is 0 Å². The molecule has 0 atom stereocenters. The van der Waals surface area contributed by atoms with Crippen molar-refractivity contribution in [2.45, 2.75) is 13.3 Å². The maximum Gasteiger partial charge on any atom is 0.198 e. The Morgan fingerprint density at radius 2 is 2.00 bits per heavy atom. The Bertz CT molecular complexity index is 708. The third-order valence-corrected chi connectivity index (χ3v) is 3.46. The highest BCUT2D eigenvalue weighted by Gasteiger charge is 2.22. The van der Waals surface area contributed by atoms with Crippen LogP contribution < -0.4 is 4.74 Å². The lowest BCUT2D eigenvalue weighted by molar-refractivity contribution is 0.103. The van der Waals surface area contributed by atoms with E-state index in [0.29, 0.717) is 13.0 Å². The third-order valence-electron chi connectivity index (χ3n) is 3.46. The molecule has 4 heteroatoms. The molecular weight excluding hydrogens is 262 g/mol. The van der Waals surface area contributed by atoms with Crippen LogP contribution in [0.25, 0.3) is 0 Å².